The lowest BCUT2D eigenvalue weighted by Crippen LogP contribution is -2.13. The van der Waals surface area contributed by atoms with E-state index in [-0.39, 0.29) is 0 Å². The van der Waals surface area contributed by atoms with Gasteiger partial charge in [-0.3, -0.25) is 0 Å². The predicted octanol–water partition coefficient (Wildman–Crippen LogP) is 4.32. The molecule has 0 unspecified atom stereocenters. The molecule has 110 valence electrons. The Bertz CT molecular complexity index is 717. The highest BCUT2D eigenvalue weighted by molar-refractivity contribution is 7.80. The molecule has 3 rings (SSSR count). The van der Waals surface area contributed by atoms with Crippen LogP contribution >= 0.6 is 12.2 Å². The van der Waals surface area contributed by atoms with Crippen molar-refractivity contribution in [3.63, 3.8) is 0 Å². The van der Waals surface area contributed by atoms with Crippen LogP contribution in [-0.4, -0.2) is 11.0 Å². The lowest BCUT2D eigenvalue weighted by molar-refractivity contribution is 0.457. The van der Waals surface area contributed by atoms with Crippen LogP contribution in [0.25, 0.3) is 10.8 Å². The number of hydrogen-bond donors (Lipinski definition) is 2. The van der Waals surface area contributed by atoms with Crippen molar-refractivity contribution in [2.24, 2.45) is 16.6 Å². The second kappa shape index (κ2) is 4.44. The number of nitrogens with one attached hydrogen (secondary N) is 1. The van der Waals surface area contributed by atoms with E-state index >= 15 is 0 Å². The first kappa shape index (κ1) is 14.3. The lowest BCUT2D eigenvalue weighted by atomic mass is 10.0. The largest absolute Gasteiger partial charge is 0.389 e. The minimum absolute atomic E-state index is 0.302. The Labute approximate surface area is 131 Å². The highest BCUT2D eigenvalue weighted by Gasteiger charge is 2.64. The van der Waals surface area contributed by atoms with E-state index in [0.717, 1.165) is 16.6 Å². The van der Waals surface area contributed by atoms with Gasteiger partial charge in [0.15, 0.2) is 0 Å². The number of benzene rings is 2. The molecule has 1 aliphatic rings. The molecule has 2 aromatic carbocycles. The van der Waals surface area contributed by atoms with Crippen molar-refractivity contribution in [3.8, 4) is 0 Å². The van der Waals surface area contributed by atoms with Gasteiger partial charge in [-0.25, -0.2) is 0 Å². The van der Waals surface area contributed by atoms with Crippen LogP contribution < -0.4 is 11.1 Å². The smallest absolute Gasteiger partial charge is 0.104 e. The van der Waals surface area contributed by atoms with Crippen molar-refractivity contribution >= 4 is 33.7 Å². The average molecular weight is 298 g/mol. The highest BCUT2D eigenvalue weighted by Crippen LogP contribution is 2.63. The van der Waals surface area contributed by atoms with Crippen LogP contribution in [0, 0.1) is 10.8 Å². The molecule has 0 heterocycles. The molecule has 0 spiro atoms. The summed E-state index contributed by atoms with van der Waals surface area (Å²) in [5, 5.41) is 6.02. The molecule has 0 amide bonds. The number of fused-ring (bicyclic) bond motifs is 1. The Morgan fingerprint density at radius 1 is 1.00 bits per heavy atom. The van der Waals surface area contributed by atoms with Crippen molar-refractivity contribution in [2.75, 3.05) is 5.32 Å². The third-order valence-corrected chi connectivity index (χ3v) is 5.73. The molecule has 0 aromatic heterocycles. The van der Waals surface area contributed by atoms with Crippen LogP contribution in [0.3, 0.4) is 0 Å². The van der Waals surface area contributed by atoms with E-state index in [1.165, 1.54) is 5.39 Å². The van der Waals surface area contributed by atoms with Crippen LogP contribution in [0.4, 0.5) is 5.69 Å². The van der Waals surface area contributed by atoms with E-state index in [2.05, 4.69) is 57.3 Å². The molecule has 0 aliphatic heterocycles. The number of rotatable bonds is 3. The molecule has 0 bridgehead atoms. The summed E-state index contributed by atoms with van der Waals surface area (Å²) in [5.41, 5.74) is 8.55. The molecule has 0 atom stereocenters. The zero-order valence-electron chi connectivity index (χ0n) is 13.0. The zero-order valence-corrected chi connectivity index (χ0v) is 13.8. The first-order valence-electron chi connectivity index (χ1n) is 7.35. The van der Waals surface area contributed by atoms with Gasteiger partial charge in [-0.1, -0.05) is 64.2 Å². The SMILES string of the molecule is CC1(C)C(Nc2ccc(C(N)=S)c3ccccc23)C1(C)C. The van der Waals surface area contributed by atoms with E-state index in [1.807, 2.05) is 12.1 Å². The summed E-state index contributed by atoms with van der Waals surface area (Å²) in [6.07, 6.45) is 0. The molecule has 21 heavy (non-hydrogen) atoms. The maximum absolute atomic E-state index is 5.84. The molecule has 1 aliphatic carbocycles. The van der Waals surface area contributed by atoms with Gasteiger partial charge in [-0.2, -0.15) is 0 Å². The van der Waals surface area contributed by atoms with E-state index in [1.54, 1.807) is 0 Å². The van der Waals surface area contributed by atoms with Crippen LogP contribution in [-0.2, 0) is 0 Å². The van der Waals surface area contributed by atoms with Gasteiger partial charge in [-0.05, 0) is 28.3 Å². The summed E-state index contributed by atoms with van der Waals surface area (Å²) in [4.78, 5) is 0.449. The van der Waals surface area contributed by atoms with E-state index < -0.39 is 0 Å². The van der Waals surface area contributed by atoms with Crippen molar-refractivity contribution in [2.45, 2.75) is 33.7 Å². The number of anilines is 1. The minimum atomic E-state index is 0.302. The number of thiocarbonyl (C=S) groups is 1. The van der Waals surface area contributed by atoms with E-state index in [4.69, 9.17) is 18.0 Å². The van der Waals surface area contributed by atoms with Crippen molar-refractivity contribution in [1.82, 2.24) is 0 Å². The van der Waals surface area contributed by atoms with E-state index in [0.29, 0.717) is 21.9 Å². The fraction of sp³-hybridized carbons (Fsp3) is 0.389. The van der Waals surface area contributed by atoms with Crippen molar-refractivity contribution in [1.29, 1.82) is 0 Å². The van der Waals surface area contributed by atoms with Gasteiger partial charge in [0.2, 0.25) is 0 Å². The van der Waals surface area contributed by atoms with Gasteiger partial charge in [0, 0.05) is 22.7 Å². The fourth-order valence-corrected chi connectivity index (χ4v) is 3.53. The van der Waals surface area contributed by atoms with Gasteiger partial charge in [0.25, 0.3) is 0 Å². The molecule has 3 N–H and O–H groups in total. The Kier molecular flexibility index (Phi) is 3.03. The predicted molar refractivity (Wildman–Crippen MR) is 94.8 cm³/mol. The first-order chi connectivity index (χ1) is 9.76. The first-order valence-corrected chi connectivity index (χ1v) is 7.76. The summed E-state index contributed by atoms with van der Waals surface area (Å²) in [6, 6.07) is 12.9. The van der Waals surface area contributed by atoms with Crippen molar-refractivity contribution in [3.05, 3.63) is 42.0 Å². The zero-order chi connectivity index (χ0) is 15.4. The molecule has 0 saturated heterocycles. The van der Waals surface area contributed by atoms with Crippen molar-refractivity contribution < 1.29 is 0 Å². The Morgan fingerprint density at radius 3 is 2.10 bits per heavy atom. The summed E-state index contributed by atoms with van der Waals surface area (Å²) < 4.78 is 0. The summed E-state index contributed by atoms with van der Waals surface area (Å²) in [7, 11) is 0. The van der Waals surface area contributed by atoms with Gasteiger partial charge in [0.1, 0.15) is 4.99 Å². The van der Waals surface area contributed by atoms with E-state index in [9.17, 15) is 0 Å². The summed E-state index contributed by atoms with van der Waals surface area (Å²) in [5.74, 6) is 0. The minimum Gasteiger partial charge on any atom is -0.389 e. The van der Waals surface area contributed by atoms with Crippen LogP contribution in [0.1, 0.15) is 33.3 Å². The number of hydrogen-bond acceptors (Lipinski definition) is 2. The molecule has 3 heteroatoms. The van der Waals surface area contributed by atoms with Gasteiger partial charge in [0.05, 0.1) is 0 Å². The molecule has 2 nitrogen and oxygen atoms in total. The molecule has 1 saturated carbocycles. The molecule has 1 fully saturated rings. The maximum Gasteiger partial charge on any atom is 0.104 e. The summed E-state index contributed by atoms with van der Waals surface area (Å²) >= 11 is 5.16. The third-order valence-electron chi connectivity index (χ3n) is 5.51. The monoisotopic (exact) mass is 298 g/mol. The average Bonchev–Trinajstić information content (AvgIpc) is 2.81. The second-order valence-corrected chi connectivity index (χ2v) is 7.53. The number of nitrogens with two attached hydrogens (primary N) is 1. The Balaban J connectivity index is 2.06. The molecule has 0 radical (unpaired) electrons. The maximum atomic E-state index is 5.84. The quantitative estimate of drug-likeness (QED) is 0.829. The third kappa shape index (κ3) is 2.03. The Morgan fingerprint density at radius 2 is 1.57 bits per heavy atom. The van der Waals surface area contributed by atoms with Crippen LogP contribution in [0.15, 0.2) is 36.4 Å². The summed E-state index contributed by atoms with van der Waals surface area (Å²) in [6.45, 7) is 9.26. The topological polar surface area (TPSA) is 38.0 Å². The van der Waals surface area contributed by atoms with Crippen LogP contribution in [0.5, 0.6) is 0 Å². The molecular formula is C18H22N2S. The standard InChI is InChI=1S/C18H22N2S/c1-17(2)16(18(17,3)4)20-14-10-9-13(15(19)21)11-7-5-6-8-12(11)14/h5-10,16,20H,1-4H3,(H2,19,21). The van der Waals surface area contributed by atoms with Gasteiger partial charge < -0.3 is 11.1 Å². The van der Waals surface area contributed by atoms with Gasteiger partial charge in [-0.15, -0.1) is 0 Å². The molecule has 2 aromatic rings. The Hall–Kier alpha value is -1.61. The fourth-order valence-electron chi connectivity index (χ4n) is 3.35. The normalized spacial score (nSPS) is 19.4. The lowest BCUT2D eigenvalue weighted by Gasteiger charge is -2.14. The molecular weight excluding hydrogens is 276 g/mol. The van der Waals surface area contributed by atoms with Crippen LogP contribution in [0.2, 0.25) is 0 Å². The highest BCUT2D eigenvalue weighted by atomic mass is 32.1. The second-order valence-electron chi connectivity index (χ2n) is 7.09. The van der Waals surface area contributed by atoms with Gasteiger partial charge >= 0.3 is 0 Å².